The highest BCUT2D eigenvalue weighted by Gasteiger charge is 2.12. The largest absolute Gasteiger partial charge is 0.381 e. The lowest BCUT2D eigenvalue weighted by Crippen LogP contribution is -2.00. The Kier molecular flexibility index (Phi) is 4.42. The lowest BCUT2D eigenvalue weighted by molar-refractivity contribution is -0.384. The molecule has 104 valence electrons. The summed E-state index contributed by atoms with van der Waals surface area (Å²) in [6.07, 6.45) is 0. The van der Waals surface area contributed by atoms with Crippen molar-refractivity contribution < 1.29 is 9.31 Å². The van der Waals surface area contributed by atoms with Gasteiger partial charge in [-0.25, -0.2) is 4.39 Å². The molecule has 2 aromatic carbocycles. The van der Waals surface area contributed by atoms with E-state index in [1.54, 1.807) is 12.1 Å². The minimum absolute atomic E-state index is 0.0517. The average molecular weight is 315 g/mol. The second kappa shape index (κ2) is 6.07. The van der Waals surface area contributed by atoms with Crippen molar-refractivity contribution in [2.45, 2.75) is 6.54 Å². The van der Waals surface area contributed by atoms with Crippen LogP contribution in [0.15, 0.2) is 36.4 Å². The van der Waals surface area contributed by atoms with Gasteiger partial charge in [-0.15, -0.1) is 0 Å². The van der Waals surface area contributed by atoms with Crippen LogP contribution in [-0.2, 0) is 6.54 Å². The summed E-state index contributed by atoms with van der Waals surface area (Å²) in [7, 11) is 0. The summed E-state index contributed by atoms with van der Waals surface area (Å²) in [4.78, 5) is 10.2. The monoisotopic (exact) mass is 314 g/mol. The van der Waals surface area contributed by atoms with E-state index >= 15 is 0 Å². The van der Waals surface area contributed by atoms with E-state index in [4.69, 9.17) is 23.2 Å². The fraction of sp³-hybridized carbons (Fsp3) is 0.0769. The highest BCUT2D eigenvalue weighted by atomic mass is 35.5. The summed E-state index contributed by atoms with van der Waals surface area (Å²) in [5, 5.41) is 13.8. The maximum Gasteiger partial charge on any atom is 0.289 e. The minimum Gasteiger partial charge on any atom is -0.381 e. The van der Waals surface area contributed by atoms with Gasteiger partial charge in [-0.2, -0.15) is 0 Å². The Bertz CT molecular complexity index is 665. The number of hydrogen-bond donors (Lipinski definition) is 1. The van der Waals surface area contributed by atoms with Crippen molar-refractivity contribution in [3.05, 3.63) is 67.9 Å². The quantitative estimate of drug-likeness (QED) is 0.660. The number of hydrogen-bond acceptors (Lipinski definition) is 3. The van der Waals surface area contributed by atoms with Gasteiger partial charge in [0.25, 0.3) is 5.69 Å². The van der Waals surface area contributed by atoms with Crippen LogP contribution in [0.2, 0.25) is 10.0 Å². The number of rotatable bonds is 4. The van der Waals surface area contributed by atoms with Crippen molar-refractivity contribution in [3.63, 3.8) is 0 Å². The molecule has 0 aliphatic heterocycles. The van der Waals surface area contributed by atoms with Crippen LogP contribution in [-0.4, -0.2) is 4.92 Å². The Morgan fingerprint density at radius 1 is 1.15 bits per heavy atom. The van der Waals surface area contributed by atoms with Gasteiger partial charge in [0.15, 0.2) is 0 Å². The van der Waals surface area contributed by atoms with Crippen LogP contribution in [0.1, 0.15) is 5.56 Å². The van der Waals surface area contributed by atoms with Crippen molar-refractivity contribution in [3.8, 4) is 0 Å². The molecular weight excluding hydrogens is 306 g/mol. The third-order valence-electron chi connectivity index (χ3n) is 2.62. The molecule has 20 heavy (non-hydrogen) atoms. The molecule has 0 spiro atoms. The first-order valence-electron chi connectivity index (χ1n) is 5.59. The Morgan fingerprint density at radius 3 is 2.50 bits per heavy atom. The van der Waals surface area contributed by atoms with Crippen molar-refractivity contribution >= 4 is 34.6 Å². The maximum atomic E-state index is 13.3. The maximum absolute atomic E-state index is 13.3. The molecule has 0 unspecified atom stereocenters. The summed E-state index contributed by atoms with van der Waals surface area (Å²) in [5.74, 6) is -0.506. The van der Waals surface area contributed by atoms with Crippen molar-refractivity contribution in [2.24, 2.45) is 0 Å². The smallest absolute Gasteiger partial charge is 0.289 e. The van der Waals surface area contributed by atoms with E-state index in [2.05, 4.69) is 5.32 Å². The Labute approximate surface area is 124 Å². The molecule has 0 aliphatic carbocycles. The highest BCUT2D eigenvalue weighted by molar-refractivity contribution is 6.32. The number of benzene rings is 2. The normalized spacial score (nSPS) is 10.3. The minimum atomic E-state index is -0.560. The molecule has 0 fully saturated rings. The van der Waals surface area contributed by atoms with E-state index in [9.17, 15) is 14.5 Å². The lowest BCUT2D eigenvalue weighted by Gasteiger charge is -2.07. The summed E-state index contributed by atoms with van der Waals surface area (Å²) in [6.45, 7) is 0.312. The molecule has 0 atom stereocenters. The molecule has 4 nitrogen and oxygen atoms in total. The third kappa shape index (κ3) is 3.37. The molecule has 0 radical (unpaired) electrons. The van der Waals surface area contributed by atoms with Crippen LogP contribution < -0.4 is 5.32 Å². The number of anilines is 1. The van der Waals surface area contributed by atoms with Crippen LogP contribution >= 0.6 is 23.2 Å². The second-order valence-electron chi connectivity index (χ2n) is 4.03. The zero-order valence-electron chi connectivity index (χ0n) is 10.1. The van der Waals surface area contributed by atoms with Gasteiger partial charge in [-0.3, -0.25) is 10.1 Å². The predicted molar refractivity (Wildman–Crippen MR) is 76.8 cm³/mol. The molecule has 0 aromatic heterocycles. The van der Waals surface area contributed by atoms with E-state index < -0.39 is 10.7 Å². The molecule has 0 saturated heterocycles. The van der Waals surface area contributed by atoms with E-state index in [1.807, 2.05) is 0 Å². The van der Waals surface area contributed by atoms with Gasteiger partial charge in [0.05, 0.1) is 9.95 Å². The molecule has 0 aliphatic rings. The van der Waals surface area contributed by atoms with Crippen LogP contribution in [0, 0.1) is 15.9 Å². The van der Waals surface area contributed by atoms with Crippen LogP contribution in [0.3, 0.4) is 0 Å². The number of halogens is 3. The molecule has 0 saturated carbocycles. The van der Waals surface area contributed by atoms with Gasteiger partial charge in [0.2, 0.25) is 0 Å². The van der Waals surface area contributed by atoms with Gasteiger partial charge in [0.1, 0.15) is 10.8 Å². The SMILES string of the molecule is O=[N+]([O-])c1cc(NCc2ccc(Cl)c(F)c2)ccc1Cl. The third-order valence-corrected chi connectivity index (χ3v) is 3.25. The zero-order valence-corrected chi connectivity index (χ0v) is 11.6. The van der Waals surface area contributed by atoms with Gasteiger partial charge in [-0.1, -0.05) is 29.3 Å². The van der Waals surface area contributed by atoms with Crippen molar-refractivity contribution in [2.75, 3.05) is 5.32 Å². The van der Waals surface area contributed by atoms with Gasteiger partial charge in [0, 0.05) is 18.3 Å². The number of nitro groups is 1. The van der Waals surface area contributed by atoms with Crippen molar-refractivity contribution in [1.29, 1.82) is 0 Å². The van der Waals surface area contributed by atoms with E-state index in [0.717, 1.165) is 0 Å². The van der Waals surface area contributed by atoms with Crippen LogP contribution in [0.5, 0.6) is 0 Å². The molecule has 0 amide bonds. The first-order valence-corrected chi connectivity index (χ1v) is 6.34. The van der Waals surface area contributed by atoms with E-state index in [0.29, 0.717) is 17.8 Å². The Hall–Kier alpha value is -1.85. The van der Waals surface area contributed by atoms with Crippen molar-refractivity contribution in [1.82, 2.24) is 0 Å². The summed E-state index contributed by atoms with van der Waals surface area (Å²) < 4.78 is 13.3. The second-order valence-corrected chi connectivity index (χ2v) is 4.84. The molecule has 2 aromatic rings. The van der Waals surface area contributed by atoms with E-state index in [1.165, 1.54) is 24.3 Å². The first-order chi connectivity index (χ1) is 9.47. The fourth-order valence-corrected chi connectivity index (χ4v) is 1.92. The van der Waals surface area contributed by atoms with Gasteiger partial charge >= 0.3 is 0 Å². The Morgan fingerprint density at radius 2 is 1.85 bits per heavy atom. The number of nitrogens with zero attached hydrogens (tertiary/aromatic N) is 1. The molecule has 1 N–H and O–H groups in total. The molecular formula is C13H9Cl2FN2O2. The lowest BCUT2D eigenvalue weighted by atomic mass is 10.2. The zero-order chi connectivity index (χ0) is 14.7. The molecule has 0 bridgehead atoms. The highest BCUT2D eigenvalue weighted by Crippen LogP contribution is 2.27. The van der Waals surface area contributed by atoms with Crippen LogP contribution in [0.25, 0.3) is 0 Å². The summed E-state index contributed by atoms with van der Waals surface area (Å²) in [6, 6.07) is 8.81. The summed E-state index contributed by atoms with van der Waals surface area (Å²) in [5.41, 5.74) is 1.01. The van der Waals surface area contributed by atoms with Gasteiger partial charge in [-0.05, 0) is 29.8 Å². The number of nitro benzene ring substituents is 1. The van der Waals surface area contributed by atoms with Gasteiger partial charge < -0.3 is 5.32 Å². The Balaban J connectivity index is 2.12. The molecule has 0 heterocycles. The van der Waals surface area contributed by atoms with E-state index in [-0.39, 0.29) is 15.7 Å². The topological polar surface area (TPSA) is 55.2 Å². The first kappa shape index (κ1) is 14.6. The standard InChI is InChI=1S/C13H9Cl2FN2O2/c14-10-3-1-8(5-12(10)16)7-17-9-2-4-11(15)13(6-9)18(19)20/h1-6,17H,7H2. The summed E-state index contributed by atoms with van der Waals surface area (Å²) >= 11 is 11.3. The average Bonchev–Trinajstić information content (AvgIpc) is 2.41. The molecule has 7 heteroatoms. The van der Waals surface area contributed by atoms with Crippen LogP contribution in [0.4, 0.5) is 15.8 Å². The predicted octanol–water partition coefficient (Wildman–Crippen LogP) is 4.65. The fourth-order valence-electron chi connectivity index (χ4n) is 1.62. The molecule has 2 rings (SSSR count). The number of nitrogens with one attached hydrogen (secondary N) is 1.